The first kappa shape index (κ1) is 11.6. The van der Waals surface area contributed by atoms with E-state index in [1.165, 1.54) is 0 Å². The summed E-state index contributed by atoms with van der Waals surface area (Å²) < 4.78 is 5.58. The van der Waals surface area contributed by atoms with E-state index in [-0.39, 0.29) is 6.10 Å². The molecule has 1 N–H and O–H groups in total. The minimum Gasteiger partial charge on any atom is -0.489 e. The summed E-state index contributed by atoms with van der Waals surface area (Å²) in [5.74, 6) is 0.699. The van der Waals surface area contributed by atoms with Gasteiger partial charge in [0.2, 0.25) is 0 Å². The summed E-state index contributed by atoms with van der Waals surface area (Å²) in [7, 11) is 1.88. The molecule has 0 bridgehead atoms. The molecule has 1 aromatic carbocycles. The molecule has 0 saturated carbocycles. The van der Waals surface area contributed by atoms with Gasteiger partial charge in [0.15, 0.2) is 0 Å². The molecule has 0 aliphatic rings. The van der Waals surface area contributed by atoms with Gasteiger partial charge in [0.25, 0.3) is 0 Å². The highest BCUT2D eigenvalue weighted by atomic mass is 35.5. The van der Waals surface area contributed by atoms with Crippen LogP contribution < -0.4 is 10.1 Å². The zero-order valence-electron chi connectivity index (χ0n) is 8.18. The van der Waals surface area contributed by atoms with Crippen LogP contribution in [0, 0.1) is 0 Å². The molecule has 0 saturated heterocycles. The molecule has 0 heterocycles. The van der Waals surface area contributed by atoms with Crippen molar-refractivity contribution in [3.8, 4) is 5.75 Å². The van der Waals surface area contributed by atoms with Crippen molar-refractivity contribution in [2.75, 3.05) is 13.6 Å². The standard InChI is InChI=1S/C10H13Cl2NO/c1-7(6-13-2)14-10-4-8(11)3-9(12)5-10/h3-5,7,13H,6H2,1-2H3. The third-order valence-corrected chi connectivity index (χ3v) is 2.10. The van der Waals surface area contributed by atoms with Gasteiger partial charge in [-0.05, 0) is 32.2 Å². The second-order valence-corrected chi connectivity index (χ2v) is 3.96. The van der Waals surface area contributed by atoms with Crippen LogP contribution in [-0.4, -0.2) is 19.7 Å². The fraction of sp³-hybridized carbons (Fsp3) is 0.400. The van der Waals surface area contributed by atoms with E-state index >= 15 is 0 Å². The predicted octanol–water partition coefficient (Wildman–Crippen LogP) is 2.98. The zero-order valence-corrected chi connectivity index (χ0v) is 9.69. The van der Waals surface area contributed by atoms with Crippen LogP contribution in [0.3, 0.4) is 0 Å². The number of nitrogens with one attached hydrogen (secondary N) is 1. The maximum atomic E-state index is 5.83. The molecule has 0 radical (unpaired) electrons. The van der Waals surface area contributed by atoms with E-state index in [1.54, 1.807) is 18.2 Å². The smallest absolute Gasteiger partial charge is 0.122 e. The molecular formula is C10H13Cl2NO. The maximum absolute atomic E-state index is 5.83. The molecule has 0 aliphatic heterocycles. The van der Waals surface area contributed by atoms with Gasteiger partial charge in [0.1, 0.15) is 11.9 Å². The zero-order chi connectivity index (χ0) is 10.6. The molecular weight excluding hydrogens is 221 g/mol. The van der Waals surface area contributed by atoms with Crippen molar-refractivity contribution in [2.24, 2.45) is 0 Å². The lowest BCUT2D eigenvalue weighted by Crippen LogP contribution is -2.25. The normalized spacial score (nSPS) is 12.6. The SMILES string of the molecule is CNCC(C)Oc1cc(Cl)cc(Cl)c1. The van der Waals surface area contributed by atoms with Gasteiger partial charge >= 0.3 is 0 Å². The summed E-state index contributed by atoms with van der Waals surface area (Å²) in [6.45, 7) is 2.76. The first-order chi connectivity index (χ1) is 6.61. The summed E-state index contributed by atoms with van der Waals surface area (Å²) in [5, 5.41) is 4.20. The highest BCUT2D eigenvalue weighted by Crippen LogP contribution is 2.24. The van der Waals surface area contributed by atoms with E-state index in [0.29, 0.717) is 15.8 Å². The van der Waals surface area contributed by atoms with Crippen molar-refractivity contribution in [3.05, 3.63) is 28.2 Å². The number of ether oxygens (including phenoxy) is 1. The molecule has 1 atom stereocenters. The van der Waals surface area contributed by atoms with Crippen molar-refractivity contribution < 1.29 is 4.74 Å². The van der Waals surface area contributed by atoms with Crippen molar-refractivity contribution in [1.82, 2.24) is 5.32 Å². The van der Waals surface area contributed by atoms with Gasteiger partial charge in [-0.2, -0.15) is 0 Å². The summed E-state index contributed by atoms with van der Waals surface area (Å²) in [4.78, 5) is 0. The summed E-state index contributed by atoms with van der Waals surface area (Å²) in [6.07, 6.45) is 0.0922. The van der Waals surface area contributed by atoms with E-state index in [1.807, 2.05) is 14.0 Å². The Morgan fingerprint density at radius 3 is 2.36 bits per heavy atom. The van der Waals surface area contributed by atoms with E-state index in [4.69, 9.17) is 27.9 Å². The molecule has 1 rings (SSSR count). The minimum absolute atomic E-state index is 0.0922. The maximum Gasteiger partial charge on any atom is 0.122 e. The Balaban J connectivity index is 2.66. The van der Waals surface area contributed by atoms with Crippen LogP contribution >= 0.6 is 23.2 Å². The lowest BCUT2D eigenvalue weighted by molar-refractivity contribution is 0.220. The Labute approximate surface area is 94.2 Å². The lowest BCUT2D eigenvalue weighted by Gasteiger charge is -2.14. The van der Waals surface area contributed by atoms with E-state index in [0.717, 1.165) is 6.54 Å². The Hall–Kier alpha value is -0.440. The lowest BCUT2D eigenvalue weighted by atomic mass is 10.3. The molecule has 0 aliphatic carbocycles. The van der Waals surface area contributed by atoms with E-state index in [9.17, 15) is 0 Å². The van der Waals surface area contributed by atoms with Crippen LogP contribution in [0.15, 0.2) is 18.2 Å². The first-order valence-electron chi connectivity index (χ1n) is 4.39. The van der Waals surface area contributed by atoms with Crippen LogP contribution in [0.5, 0.6) is 5.75 Å². The molecule has 4 heteroatoms. The van der Waals surface area contributed by atoms with Crippen molar-refractivity contribution >= 4 is 23.2 Å². The molecule has 1 unspecified atom stereocenters. The molecule has 2 nitrogen and oxygen atoms in total. The predicted molar refractivity (Wildman–Crippen MR) is 60.5 cm³/mol. The molecule has 1 aromatic rings. The Morgan fingerprint density at radius 2 is 1.86 bits per heavy atom. The van der Waals surface area contributed by atoms with Crippen molar-refractivity contribution in [3.63, 3.8) is 0 Å². The van der Waals surface area contributed by atoms with Gasteiger partial charge in [-0.15, -0.1) is 0 Å². The number of hydrogen-bond donors (Lipinski definition) is 1. The van der Waals surface area contributed by atoms with Gasteiger partial charge in [0, 0.05) is 16.6 Å². The third kappa shape index (κ3) is 3.74. The fourth-order valence-corrected chi connectivity index (χ4v) is 1.66. The van der Waals surface area contributed by atoms with Crippen molar-refractivity contribution in [2.45, 2.75) is 13.0 Å². The number of rotatable bonds is 4. The number of halogens is 2. The average Bonchev–Trinajstić information content (AvgIpc) is 2.01. The largest absolute Gasteiger partial charge is 0.489 e. The highest BCUT2D eigenvalue weighted by Gasteiger charge is 2.04. The van der Waals surface area contributed by atoms with Gasteiger partial charge < -0.3 is 10.1 Å². The summed E-state index contributed by atoms with van der Waals surface area (Å²) >= 11 is 11.7. The Kier molecular flexibility index (Phi) is 4.52. The molecule has 78 valence electrons. The first-order valence-corrected chi connectivity index (χ1v) is 5.14. The van der Waals surface area contributed by atoms with Gasteiger partial charge in [-0.3, -0.25) is 0 Å². The molecule has 14 heavy (non-hydrogen) atoms. The molecule has 0 spiro atoms. The Morgan fingerprint density at radius 1 is 1.29 bits per heavy atom. The van der Waals surface area contributed by atoms with Crippen LogP contribution in [0.2, 0.25) is 10.0 Å². The summed E-state index contributed by atoms with van der Waals surface area (Å²) in [6, 6.07) is 5.18. The quantitative estimate of drug-likeness (QED) is 0.864. The van der Waals surface area contributed by atoms with E-state index in [2.05, 4.69) is 5.32 Å². The van der Waals surface area contributed by atoms with Crippen LogP contribution in [0.1, 0.15) is 6.92 Å². The van der Waals surface area contributed by atoms with Crippen LogP contribution in [0.25, 0.3) is 0 Å². The Bertz CT molecular complexity index is 284. The van der Waals surface area contributed by atoms with Gasteiger partial charge in [0.05, 0.1) is 0 Å². The topological polar surface area (TPSA) is 21.3 Å². The van der Waals surface area contributed by atoms with Gasteiger partial charge in [-0.1, -0.05) is 23.2 Å². The minimum atomic E-state index is 0.0922. The number of benzene rings is 1. The van der Waals surface area contributed by atoms with Crippen molar-refractivity contribution in [1.29, 1.82) is 0 Å². The second-order valence-electron chi connectivity index (χ2n) is 3.09. The van der Waals surface area contributed by atoms with Crippen LogP contribution in [-0.2, 0) is 0 Å². The van der Waals surface area contributed by atoms with E-state index < -0.39 is 0 Å². The van der Waals surface area contributed by atoms with Crippen LogP contribution in [0.4, 0.5) is 0 Å². The monoisotopic (exact) mass is 233 g/mol. The molecule has 0 fully saturated rings. The highest BCUT2D eigenvalue weighted by molar-refractivity contribution is 6.34. The average molecular weight is 234 g/mol. The fourth-order valence-electron chi connectivity index (χ4n) is 1.16. The third-order valence-electron chi connectivity index (χ3n) is 1.66. The molecule has 0 aromatic heterocycles. The second kappa shape index (κ2) is 5.44. The summed E-state index contributed by atoms with van der Waals surface area (Å²) in [5.41, 5.74) is 0. The number of likely N-dealkylation sites (N-methyl/N-ethyl adjacent to an activating group) is 1. The van der Waals surface area contributed by atoms with Gasteiger partial charge in [-0.25, -0.2) is 0 Å². The molecule has 0 amide bonds. The number of hydrogen-bond acceptors (Lipinski definition) is 2.